The van der Waals surface area contributed by atoms with Gasteiger partial charge in [0, 0.05) is 5.02 Å². The van der Waals surface area contributed by atoms with Crippen molar-refractivity contribution in [2.24, 2.45) is 0 Å². The molecular weight excluding hydrogens is 179 g/mol. The topological polar surface area (TPSA) is 20.2 Å². The molecule has 0 aliphatic heterocycles. The standard InChI is InChI=1S/C8H10ClOP/c1-5-2-6(4-11)8(10)3-7(5)9/h2-3,10H,4,11H2,1H3. The fourth-order valence-electron chi connectivity index (χ4n) is 0.894. The molecule has 1 nitrogen and oxygen atoms in total. The van der Waals surface area contributed by atoms with Crippen molar-refractivity contribution in [3.05, 3.63) is 28.3 Å². The molecule has 1 aromatic rings. The summed E-state index contributed by atoms with van der Waals surface area (Å²) < 4.78 is 0. The zero-order valence-corrected chi connectivity index (χ0v) is 8.17. The molecule has 0 aliphatic carbocycles. The van der Waals surface area contributed by atoms with Crippen molar-refractivity contribution in [2.75, 3.05) is 0 Å². The number of rotatable bonds is 1. The lowest BCUT2D eigenvalue weighted by atomic mass is 10.1. The van der Waals surface area contributed by atoms with Gasteiger partial charge in [-0.3, -0.25) is 0 Å². The fourth-order valence-corrected chi connectivity index (χ4v) is 1.38. The van der Waals surface area contributed by atoms with Crippen molar-refractivity contribution in [3.63, 3.8) is 0 Å². The normalized spacial score (nSPS) is 10.1. The molecule has 0 radical (unpaired) electrons. The summed E-state index contributed by atoms with van der Waals surface area (Å²) in [5, 5.41) is 9.93. The highest BCUT2D eigenvalue weighted by Gasteiger charge is 2.02. The van der Waals surface area contributed by atoms with Gasteiger partial charge in [-0.2, -0.15) is 0 Å². The second-order valence-corrected chi connectivity index (χ2v) is 3.25. The van der Waals surface area contributed by atoms with Crippen LogP contribution in [0.5, 0.6) is 5.75 Å². The van der Waals surface area contributed by atoms with Crippen LogP contribution in [0.2, 0.25) is 5.02 Å². The summed E-state index contributed by atoms with van der Waals surface area (Å²) in [5.41, 5.74) is 1.92. The average molecular weight is 189 g/mol. The fraction of sp³-hybridized carbons (Fsp3) is 0.250. The molecule has 60 valence electrons. The third-order valence-corrected chi connectivity index (χ3v) is 2.43. The molecule has 0 fully saturated rings. The SMILES string of the molecule is Cc1cc(CP)c(O)cc1Cl. The first-order valence-corrected chi connectivity index (χ1v) is 4.52. The molecule has 0 aliphatic rings. The van der Waals surface area contributed by atoms with E-state index in [-0.39, 0.29) is 5.75 Å². The molecule has 1 aromatic carbocycles. The quantitative estimate of drug-likeness (QED) is 0.672. The van der Waals surface area contributed by atoms with E-state index < -0.39 is 0 Å². The average Bonchev–Trinajstić information content (AvgIpc) is 1.97. The first-order valence-electron chi connectivity index (χ1n) is 3.33. The van der Waals surface area contributed by atoms with E-state index in [9.17, 15) is 5.11 Å². The van der Waals surface area contributed by atoms with E-state index in [1.54, 1.807) is 6.07 Å². The zero-order valence-electron chi connectivity index (χ0n) is 6.26. The molecule has 1 rings (SSSR count). The molecule has 0 spiro atoms. The van der Waals surface area contributed by atoms with Gasteiger partial charge in [-0.05, 0) is 30.3 Å². The van der Waals surface area contributed by atoms with Crippen LogP contribution in [0.25, 0.3) is 0 Å². The van der Waals surface area contributed by atoms with Crippen molar-refractivity contribution in [1.82, 2.24) is 0 Å². The van der Waals surface area contributed by atoms with E-state index in [1.807, 2.05) is 13.0 Å². The predicted octanol–water partition coefficient (Wildman–Crippen LogP) is 2.73. The van der Waals surface area contributed by atoms with Gasteiger partial charge < -0.3 is 5.11 Å². The van der Waals surface area contributed by atoms with Crippen LogP contribution >= 0.6 is 20.8 Å². The Bertz CT molecular complexity index is 273. The molecule has 0 saturated carbocycles. The number of hydrogen-bond acceptors (Lipinski definition) is 1. The minimum absolute atomic E-state index is 0.274. The van der Waals surface area contributed by atoms with Crippen LogP contribution in [0.4, 0.5) is 0 Å². The van der Waals surface area contributed by atoms with Crippen LogP contribution in [-0.2, 0) is 6.16 Å². The molecule has 1 unspecified atom stereocenters. The zero-order chi connectivity index (χ0) is 8.43. The molecular formula is C8H10ClOP. The summed E-state index contributed by atoms with van der Waals surface area (Å²) in [6.45, 7) is 1.92. The second-order valence-electron chi connectivity index (χ2n) is 2.43. The first kappa shape index (κ1) is 8.83. The summed E-state index contributed by atoms with van der Waals surface area (Å²) in [6.07, 6.45) is 0.754. The van der Waals surface area contributed by atoms with Crippen molar-refractivity contribution in [3.8, 4) is 5.75 Å². The van der Waals surface area contributed by atoms with Crippen molar-refractivity contribution in [2.45, 2.75) is 13.1 Å². The molecule has 0 aromatic heterocycles. The Labute approximate surface area is 73.6 Å². The van der Waals surface area contributed by atoms with E-state index >= 15 is 0 Å². The van der Waals surface area contributed by atoms with Gasteiger partial charge in [0.15, 0.2) is 0 Å². The van der Waals surface area contributed by atoms with E-state index in [4.69, 9.17) is 11.6 Å². The Morgan fingerprint density at radius 1 is 1.55 bits per heavy atom. The van der Waals surface area contributed by atoms with Gasteiger partial charge in [0.25, 0.3) is 0 Å². The minimum atomic E-state index is 0.274. The van der Waals surface area contributed by atoms with Gasteiger partial charge in [-0.15, -0.1) is 9.24 Å². The highest BCUT2D eigenvalue weighted by Crippen LogP contribution is 2.27. The third kappa shape index (κ3) is 1.85. The van der Waals surface area contributed by atoms with E-state index in [2.05, 4.69) is 9.24 Å². The summed E-state index contributed by atoms with van der Waals surface area (Å²) in [4.78, 5) is 0. The Hall–Kier alpha value is -0.260. The first-order chi connectivity index (χ1) is 5.15. The molecule has 0 saturated heterocycles. The summed E-state index contributed by atoms with van der Waals surface area (Å²) in [6, 6.07) is 3.47. The van der Waals surface area contributed by atoms with Crippen molar-refractivity contribution < 1.29 is 5.11 Å². The molecule has 0 amide bonds. The highest BCUT2D eigenvalue weighted by molar-refractivity contribution is 7.15. The van der Waals surface area contributed by atoms with Gasteiger partial charge in [0.1, 0.15) is 5.75 Å². The summed E-state index contributed by atoms with van der Waals surface area (Å²) in [5.74, 6) is 0.274. The molecule has 1 N–H and O–H groups in total. The number of aromatic hydroxyl groups is 1. The molecule has 0 heterocycles. The molecule has 0 bridgehead atoms. The summed E-state index contributed by atoms with van der Waals surface area (Å²) >= 11 is 5.78. The lowest BCUT2D eigenvalue weighted by molar-refractivity contribution is 0.470. The Morgan fingerprint density at radius 2 is 2.18 bits per heavy atom. The van der Waals surface area contributed by atoms with Gasteiger partial charge in [-0.1, -0.05) is 17.7 Å². The monoisotopic (exact) mass is 188 g/mol. The van der Waals surface area contributed by atoms with E-state index in [0.717, 1.165) is 17.3 Å². The maximum Gasteiger partial charge on any atom is 0.120 e. The molecule has 3 heteroatoms. The number of halogens is 1. The van der Waals surface area contributed by atoms with E-state index in [1.165, 1.54) is 0 Å². The van der Waals surface area contributed by atoms with Crippen LogP contribution in [0, 0.1) is 6.92 Å². The lowest BCUT2D eigenvalue weighted by Gasteiger charge is -2.03. The van der Waals surface area contributed by atoms with Crippen molar-refractivity contribution >= 4 is 20.8 Å². The van der Waals surface area contributed by atoms with Crippen LogP contribution in [0.1, 0.15) is 11.1 Å². The van der Waals surface area contributed by atoms with Gasteiger partial charge in [0.05, 0.1) is 0 Å². The van der Waals surface area contributed by atoms with E-state index in [0.29, 0.717) is 5.02 Å². The maximum atomic E-state index is 9.32. The smallest absolute Gasteiger partial charge is 0.120 e. The third-order valence-electron chi connectivity index (χ3n) is 1.58. The highest BCUT2D eigenvalue weighted by atomic mass is 35.5. The van der Waals surface area contributed by atoms with Crippen LogP contribution in [0.15, 0.2) is 12.1 Å². The Morgan fingerprint density at radius 3 is 2.73 bits per heavy atom. The van der Waals surface area contributed by atoms with Crippen LogP contribution < -0.4 is 0 Å². The molecule has 11 heavy (non-hydrogen) atoms. The van der Waals surface area contributed by atoms with Gasteiger partial charge in [-0.25, -0.2) is 0 Å². The molecule has 1 atom stereocenters. The largest absolute Gasteiger partial charge is 0.508 e. The van der Waals surface area contributed by atoms with Crippen LogP contribution in [0.3, 0.4) is 0 Å². The number of aryl methyl sites for hydroxylation is 1. The number of phenolic OH excluding ortho intramolecular Hbond substituents is 1. The summed E-state index contributed by atoms with van der Waals surface area (Å²) in [7, 11) is 2.56. The van der Waals surface area contributed by atoms with Crippen molar-refractivity contribution in [1.29, 1.82) is 0 Å². The second kappa shape index (κ2) is 3.42. The number of benzene rings is 1. The number of hydrogen-bond donors (Lipinski definition) is 1. The Kier molecular flexibility index (Phi) is 2.75. The lowest BCUT2D eigenvalue weighted by Crippen LogP contribution is -1.82. The predicted molar refractivity (Wildman–Crippen MR) is 51.3 cm³/mol. The van der Waals surface area contributed by atoms with Gasteiger partial charge >= 0.3 is 0 Å². The Balaban J connectivity index is 3.21. The maximum absolute atomic E-state index is 9.32. The number of phenols is 1. The van der Waals surface area contributed by atoms with Gasteiger partial charge in [0.2, 0.25) is 0 Å². The minimum Gasteiger partial charge on any atom is -0.508 e. The van der Waals surface area contributed by atoms with Crippen LogP contribution in [-0.4, -0.2) is 5.11 Å².